The van der Waals surface area contributed by atoms with Crippen molar-refractivity contribution in [1.82, 2.24) is 10.7 Å². The predicted molar refractivity (Wildman–Crippen MR) is 63.3 cm³/mol. The molecule has 0 saturated carbocycles. The summed E-state index contributed by atoms with van der Waals surface area (Å²) >= 11 is 0. The van der Waals surface area contributed by atoms with Gasteiger partial charge in [0.2, 0.25) is 5.96 Å². The van der Waals surface area contributed by atoms with Gasteiger partial charge >= 0.3 is 0 Å². The number of benzene rings is 1. The number of guanidine groups is 1. The van der Waals surface area contributed by atoms with Crippen molar-refractivity contribution in [3.63, 3.8) is 0 Å². The van der Waals surface area contributed by atoms with E-state index in [1.54, 1.807) is 0 Å². The van der Waals surface area contributed by atoms with Crippen molar-refractivity contribution in [2.45, 2.75) is 20.4 Å². The highest BCUT2D eigenvalue weighted by atomic mass is 15.3. The lowest BCUT2D eigenvalue weighted by molar-refractivity contribution is 0.852. The zero-order valence-electron chi connectivity index (χ0n) is 9.25. The van der Waals surface area contributed by atoms with Gasteiger partial charge in [-0.1, -0.05) is 29.8 Å². The minimum absolute atomic E-state index is 0.624. The van der Waals surface area contributed by atoms with Crippen LogP contribution in [-0.4, -0.2) is 12.5 Å². The summed E-state index contributed by atoms with van der Waals surface area (Å²) in [6.45, 7) is 5.50. The standard InChI is InChI=1S/C11H18N4/c1-3-13-11(15-12)14-8-10-6-4-5-9(2)7-10/h4-7H,3,8,12H2,1-2H3,(H2,13,14,15). The summed E-state index contributed by atoms with van der Waals surface area (Å²) in [7, 11) is 0. The largest absolute Gasteiger partial charge is 0.356 e. The highest BCUT2D eigenvalue weighted by molar-refractivity contribution is 5.79. The molecule has 0 aliphatic heterocycles. The van der Waals surface area contributed by atoms with Gasteiger partial charge in [0.25, 0.3) is 0 Å². The summed E-state index contributed by atoms with van der Waals surface area (Å²) in [6.07, 6.45) is 0. The van der Waals surface area contributed by atoms with Crippen LogP contribution in [0.15, 0.2) is 29.3 Å². The van der Waals surface area contributed by atoms with Crippen molar-refractivity contribution in [2.75, 3.05) is 6.54 Å². The first-order valence-corrected chi connectivity index (χ1v) is 5.06. The normalized spacial score (nSPS) is 11.3. The summed E-state index contributed by atoms with van der Waals surface area (Å²) in [4.78, 5) is 4.31. The fraction of sp³-hybridized carbons (Fsp3) is 0.364. The number of hydrazine groups is 1. The molecular formula is C11H18N4. The monoisotopic (exact) mass is 206 g/mol. The number of hydrogen-bond acceptors (Lipinski definition) is 2. The van der Waals surface area contributed by atoms with Crippen LogP contribution in [0.2, 0.25) is 0 Å². The lowest BCUT2D eigenvalue weighted by atomic mass is 10.1. The molecule has 0 aliphatic rings. The third kappa shape index (κ3) is 3.99. The minimum Gasteiger partial charge on any atom is -0.356 e. The Morgan fingerprint density at radius 2 is 2.27 bits per heavy atom. The molecule has 1 aromatic carbocycles. The fourth-order valence-electron chi connectivity index (χ4n) is 1.30. The van der Waals surface area contributed by atoms with Crippen molar-refractivity contribution in [3.05, 3.63) is 35.4 Å². The van der Waals surface area contributed by atoms with Crippen LogP contribution >= 0.6 is 0 Å². The Bertz CT molecular complexity index is 333. The van der Waals surface area contributed by atoms with E-state index in [0.29, 0.717) is 12.5 Å². The van der Waals surface area contributed by atoms with Gasteiger partial charge in [0, 0.05) is 6.54 Å². The molecule has 15 heavy (non-hydrogen) atoms. The van der Waals surface area contributed by atoms with Gasteiger partial charge in [-0.05, 0) is 19.4 Å². The second-order valence-electron chi connectivity index (χ2n) is 3.33. The van der Waals surface area contributed by atoms with Crippen LogP contribution in [-0.2, 0) is 6.54 Å². The number of nitrogens with two attached hydrogens (primary N) is 1. The first-order valence-electron chi connectivity index (χ1n) is 5.06. The Labute approximate surface area is 90.6 Å². The SMILES string of the molecule is CCNC(=NCc1cccc(C)c1)NN. The lowest BCUT2D eigenvalue weighted by Crippen LogP contribution is -2.41. The van der Waals surface area contributed by atoms with Crippen molar-refractivity contribution in [2.24, 2.45) is 10.8 Å². The summed E-state index contributed by atoms with van der Waals surface area (Å²) in [5.41, 5.74) is 4.95. The molecule has 4 heteroatoms. The number of nitrogens with zero attached hydrogens (tertiary/aromatic N) is 1. The molecule has 0 aliphatic carbocycles. The molecule has 0 radical (unpaired) electrons. The summed E-state index contributed by atoms with van der Waals surface area (Å²) in [5.74, 6) is 5.93. The lowest BCUT2D eigenvalue weighted by Gasteiger charge is -2.06. The summed E-state index contributed by atoms with van der Waals surface area (Å²) in [6, 6.07) is 8.27. The van der Waals surface area contributed by atoms with E-state index in [-0.39, 0.29) is 0 Å². The fourth-order valence-corrected chi connectivity index (χ4v) is 1.30. The molecule has 0 bridgehead atoms. The van der Waals surface area contributed by atoms with Crippen LogP contribution in [0.3, 0.4) is 0 Å². The van der Waals surface area contributed by atoms with Crippen molar-refractivity contribution < 1.29 is 0 Å². The Balaban J connectivity index is 2.61. The number of nitrogens with one attached hydrogen (secondary N) is 2. The molecule has 0 unspecified atom stereocenters. The maximum Gasteiger partial charge on any atom is 0.206 e. The van der Waals surface area contributed by atoms with Crippen LogP contribution < -0.4 is 16.6 Å². The van der Waals surface area contributed by atoms with Gasteiger partial charge in [-0.25, -0.2) is 10.8 Å². The molecule has 0 atom stereocenters. The van der Waals surface area contributed by atoms with E-state index < -0.39 is 0 Å². The molecular weight excluding hydrogens is 188 g/mol. The highest BCUT2D eigenvalue weighted by Gasteiger charge is 1.94. The van der Waals surface area contributed by atoms with Crippen LogP contribution in [0.1, 0.15) is 18.1 Å². The molecule has 0 saturated heterocycles. The van der Waals surface area contributed by atoms with E-state index in [4.69, 9.17) is 5.84 Å². The van der Waals surface area contributed by atoms with Crippen molar-refractivity contribution in [3.8, 4) is 0 Å². The average molecular weight is 206 g/mol. The van der Waals surface area contributed by atoms with Gasteiger partial charge in [0.05, 0.1) is 6.54 Å². The first kappa shape index (κ1) is 11.5. The van der Waals surface area contributed by atoms with Crippen LogP contribution in [0.5, 0.6) is 0 Å². The average Bonchev–Trinajstić information content (AvgIpc) is 2.24. The van der Waals surface area contributed by atoms with Gasteiger partial charge in [-0.15, -0.1) is 0 Å². The molecule has 1 aromatic rings. The number of aliphatic imine (C=N–C) groups is 1. The molecule has 0 amide bonds. The third-order valence-electron chi connectivity index (χ3n) is 1.98. The van der Waals surface area contributed by atoms with E-state index in [9.17, 15) is 0 Å². The summed E-state index contributed by atoms with van der Waals surface area (Å²) in [5, 5.41) is 3.03. The van der Waals surface area contributed by atoms with E-state index in [2.05, 4.69) is 40.9 Å². The molecule has 1 rings (SSSR count). The topological polar surface area (TPSA) is 62.4 Å². The molecule has 4 N–H and O–H groups in total. The van der Waals surface area contributed by atoms with Crippen molar-refractivity contribution in [1.29, 1.82) is 0 Å². The van der Waals surface area contributed by atoms with Crippen LogP contribution in [0, 0.1) is 6.92 Å². The van der Waals surface area contributed by atoms with Crippen LogP contribution in [0.25, 0.3) is 0 Å². The van der Waals surface area contributed by atoms with Gasteiger partial charge < -0.3 is 5.32 Å². The summed E-state index contributed by atoms with van der Waals surface area (Å²) < 4.78 is 0. The Morgan fingerprint density at radius 1 is 1.47 bits per heavy atom. The quantitative estimate of drug-likeness (QED) is 0.298. The van der Waals surface area contributed by atoms with E-state index in [1.165, 1.54) is 11.1 Å². The van der Waals surface area contributed by atoms with Crippen LogP contribution in [0.4, 0.5) is 0 Å². The zero-order valence-corrected chi connectivity index (χ0v) is 9.25. The number of aryl methyl sites for hydroxylation is 1. The smallest absolute Gasteiger partial charge is 0.206 e. The first-order chi connectivity index (χ1) is 7.26. The Morgan fingerprint density at radius 3 is 2.87 bits per heavy atom. The number of rotatable bonds is 3. The van der Waals surface area contributed by atoms with Gasteiger partial charge in [0.15, 0.2) is 0 Å². The van der Waals surface area contributed by atoms with E-state index >= 15 is 0 Å². The second-order valence-corrected chi connectivity index (χ2v) is 3.33. The van der Waals surface area contributed by atoms with Gasteiger partial charge in [0.1, 0.15) is 0 Å². The Kier molecular flexibility index (Phi) is 4.63. The minimum atomic E-state index is 0.624. The van der Waals surface area contributed by atoms with Gasteiger partial charge in [-0.2, -0.15) is 0 Å². The zero-order chi connectivity index (χ0) is 11.1. The molecule has 4 nitrogen and oxygen atoms in total. The molecule has 82 valence electrons. The van der Waals surface area contributed by atoms with E-state index in [1.807, 2.05) is 13.0 Å². The maximum atomic E-state index is 5.31. The molecule has 0 aromatic heterocycles. The molecule has 0 heterocycles. The molecule has 0 spiro atoms. The number of hydrogen-bond donors (Lipinski definition) is 3. The van der Waals surface area contributed by atoms with Crippen molar-refractivity contribution >= 4 is 5.96 Å². The van der Waals surface area contributed by atoms with Gasteiger partial charge in [-0.3, -0.25) is 5.43 Å². The highest BCUT2D eigenvalue weighted by Crippen LogP contribution is 2.04. The van der Waals surface area contributed by atoms with E-state index in [0.717, 1.165) is 6.54 Å². The predicted octanol–water partition coefficient (Wildman–Crippen LogP) is 0.924. The second kappa shape index (κ2) is 6.03. The maximum absolute atomic E-state index is 5.31. The Hall–Kier alpha value is -1.55. The molecule has 0 fully saturated rings. The third-order valence-corrected chi connectivity index (χ3v) is 1.98.